The number of likely N-dealkylation sites (tertiary alicyclic amines) is 1. The Morgan fingerprint density at radius 2 is 2.03 bits per heavy atom. The lowest BCUT2D eigenvalue weighted by atomic mass is 9.91. The summed E-state index contributed by atoms with van der Waals surface area (Å²) in [4.78, 5) is 38.5. The van der Waals surface area contributed by atoms with Gasteiger partial charge in [0.25, 0.3) is 5.91 Å². The fourth-order valence-electron chi connectivity index (χ4n) is 4.73. The van der Waals surface area contributed by atoms with E-state index in [4.69, 9.17) is 0 Å². The number of piperidine rings is 1. The Balaban J connectivity index is 1.45. The number of hydrogen-bond donors (Lipinski definition) is 1. The van der Waals surface area contributed by atoms with Crippen molar-refractivity contribution in [2.45, 2.75) is 58.7 Å². The standard InChI is InChI=1S/C21H29N7O2/c1-5-27-19-17(7-6-10-22-19)20(30)24-21(27)8-11-26(12-9-21)18(29)13-14(2)28-16(4)23-15(3)25-28/h6-7,10,14H,5,8-9,11-13H2,1-4H3,(H,24,30)/t14-/m0/s1. The van der Waals surface area contributed by atoms with Gasteiger partial charge < -0.3 is 15.1 Å². The Bertz CT molecular complexity index is 962. The number of amides is 2. The molecule has 0 bridgehead atoms. The van der Waals surface area contributed by atoms with Crippen molar-refractivity contribution in [3.8, 4) is 0 Å². The molecule has 2 aliphatic heterocycles. The number of carbonyl (C=O) groups is 2. The van der Waals surface area contributed by atoms with Gasteiger partial charge in [0.05, 0.1) is 11.6 Å². The third kappa shape index (κ3) is 3.42. The zero-order valence-corrected chi connectivity index (χ0v) is 18.1. The van der Waals surface area contributed by atoms with Gasteiger partial charge in [0.15, 0.2) is 0 Å². The summed E-state index contributed by atoms with van der Waals surface area (Å²) in [6.45, 7) is 9.75. The highest BCUT2D eigenvalue weighted by atomic mass is 16.2. The second-order valence-electron chi connectivity index (χ2n) is 8.19. The number of fused-ring (bicyclic) bond motifs is 1. The van der Waals surface area contributed by atoms with E-state index in [9.17, 15) is 9.59 Å². The van der Waals surface area contributed by atoms with Crippen molar-refractivity contribution in [3.05, 3.63) is 35.5 Å². The smallest absolute Gasteiger partial charge is 0.256 e. The second kappa shape index (κ2) is 7.70. The summed E-state index contributed by atoms with van der Waals surface area (Å²) >= 11 is 0. The van der Waals surface area contributed by atoms with Crippen molar-refractivity contribution in [1.82, 2.24) is 30.0 Å². The third-order valence-electron chi connectivity index (χ3n) is 6.20. The van der Waals surface area contributed by atoms with Crippen LogP contribution in [0, 0.1) is 13.8 Å². The van der Waals surface area contributed by atoms with E-state index in [1.807, 2.05) is 30.4 Å². The van der Waals surface area contributed by atoms with Crippen LogP contribution in [0.2, 0.25) is 0 Å². The number of hydrogen-bond acceptors (Lipinski definition) is 6. The predicted octanol–water partition coefficient (Wildman–Crippen LogP) is 1.83. The van der Waals surface area contributed by atoms with Gasteiger partial charge in [-0.05, 0) is 39.8 Å². The molecule has 0 radical (unpaired) electrons. The maximum absolute atomic E-state index is 12.9. The molecule has 2 aromatic rings. The van der Waals surface area contributed by atoms with Crippen molar-refractivity contribution in [1.29, 1.82) is 0 Å². The molecule has 4 heterocycles. The van der Waals surface area contributed by atoms with Gasteiger partial charge in [-0.1, -0.05) is 0 Å². The average Bonchev–Trinajstić information content (AvgIpc) is 3.07. The molecule has 1 atom stereocenters. The van der Waals surface area contributed by atoms with Gasteiger partial charge in [0.1, 0.15) is 23.1 Å². The van der Waals surface area contributed by atoms with Gasteiger partial charge in [-0.3, -0.25) is 9.59 Å². The lowest BCUT2D eigenvalue weighted by Crippen LogP contribution is -2.68. The fraction of sp³-hybridized carbons (Fsp3) is 0.571. The number of nitrogens with one attached hydrogen (secondary N) is 1. The maximum atomic E-state index is 12.9. The molecule has 2 aromatic heterocycles. The van der Waals surface area contributed by atoms with Gasteiger partial charge >= 0.3 is 0 Å². The number of rotatable bonds is 4. The van der Waals surface area contributed by atoms with Crippen molar-refractivity contribution in [2.24, 2.45) is 0 Å². The molecule has 1 saturated heterocycles. The molecule has 1 fully saturated rings. The molecule has 0 saturated carbocycles. The summed E-state index contributed by atoms with van der Waals surface area (Å²) in [7, 11) is 0. The fourth-order valence-corrected chi connectivity index (χ4v) is 4.73. The number of aryl methyl sites for hydroxylation is 2. The quantitative estimate of drug-likeness (QED) is 0.825. The molecule has 2 amide bonds. The molecular weight excluding hydrogens is 382 g/mol. The van der Waals surface area contributed by atoms with Crippen LogP contribution in [-0.4, -0.2) is 61.8 Å². The molecule has 30 heavy (non-hydrogen) atoms. The predicted molar refractivity (Wildman–Crippen MR) is 112 cm³/mol. The minimum atomic E-state index is -0.491. The van der Waals surface area contributed by atoms with Crippen molar-refractivity contribution < 1.29 is 9.59 Å². The van der Waals surface area contributed by atoms with E-state index >= 15 is 0 Å². The summed E-state index contributed by atoms with van der Waals surface area (Å²) in [6, 6.07) is 3.54. The van der Waals surface area contributed by atoms with E-state index in [0.29, 0.717) is 43.7 Å². The van der Waals surface area contributed by atoms with Gasteiger partial charge in [-0.2, -0.15) is 5.10 Å². The zero-order valence-electron chi connectivity index (χ0n) is 18.1. The monoisotopic (exact) mass is 411 g/mol. The average molecular weight is 412 g/mol. The molecule has 0 aromatic carbocycles. The molecule has 9 heteroatoms. The number of pyridine rings is 1. The molecule has 1 N–H and O–H groups in total. The summed E-state index contributed by atoms with van der Waals surface area (Å²) in [5, 5.41) is 7.61. The minimum Gasteiger partial charge on any atom is -0.342 e. The summed E-state index contributed by atoms with van der Waals surface area (Å²) in [5.41, 5.74) is 0.116. The van der Waals surface area contributed by atoms with Crippen LogP contribution in [0.3, 0.4) is 0 Å². The van der Waals surface area contributed by atoms with E-state index in [2.05, 4.69) is 32.2 Å². The number of carbonyl (C=O) groups excluding carboxylic acids is 2. The Kier molecular flexibility index (Phi) is 5.21. The first-order valence-electron chi connectivity index (χ1n) is 10.6. The molecule has 2 aliphatic rings. The molecule has 9 nitrogen and oxygen atoms in total. The molecule has 0 aliphatic carbocycles. The highest BCUT2D eigenvalue weighted by Gasteiger charge is 2.46. The zero-order chi connectivity index (χ0) is 21.5. The molecular formula is C21H29N7O2. The van der Waals surface area contributed by atoms with E-state index in [1.165, 1.54) is 0 Å². The number of aromatic nitrogens is 4. The molecule has 1 spiro atoms. The first kappa shape index (κ1) is 20.3. The van der Waals surface area contributed by atoms with E-state index in [0.717, 1.165) is 18.2 Å². The minimum absolute atomic E-state index is 0.0489. The van der Waals surface area contributed by atoms with Crippen LogP contribution in [-0.2, 0) is 4.79 Å². The van der Waals surface area contributed by atoms with Crippen molar-refractivity contribution in [3.63, 3.8) is 0 Å². The SMILES string of the molecule is CCN1c2ncccc2C(=O)NC12CCN(C(=O)C[C@H](C)n1nc(C)nc1C)CC2. The normalized spacial score (nSPS) is 18.9. The largest absolute Gasteiger partial charge is 0.342 e. The third-order valence-corrected chi connectivity index (χ3v) is 6.20. The summed E-state index contributed by atoms with van der Waals surface area (Å²) in [6.07, 6.45) is 3.45. The Morgan fingerprint density at radius 3 is 2.67 bits per heavy atom. The molecule has 0 unspecified atom stereocenters. The van der Waals surface area contributed by atoms with Crippen molar-refractivity contribution in [2.75, 3.05) is 24.5 Å². The summed E-state index contributed by atoms with van der Waals surface area (Å²) in [5.74, 6) is 2.28. The topological polar surface area (TPSA) is 96.2 Å². The van der Waals surface area contributed by atoms with Crippen molar-refractivity contribution >= 4 is 17.6 Å². The molecule has 160 valence electrons. The number of nitrogens with zero attached hydrogens (tertiary/aromatic N) is 6. The van der Waals surface area contributed by atoms with E-state index in [1.54, 1.807) is 18.3 Å². The Hall–Kier alpha value is -2.97. The van der Waals surface area contributed by atoms with E-state index in [-0.39, 0.29) is 17.9 Å². The van der Waals surface area contributed by atoms with Crippen LogP contribution >= 0.6 is 0 Å². The lowest BCUT2D eigenvalue weighted by Gasteiger charge is -2.51. The first-order chi connectivity index (χ1) is 14.3. The van der Waals surface area contributed by atoms with Gasteiger partial charge in [-0.15, -0.1) is 0 Å². The highest BCUT2D eigenvalue weighted by Crippen LogP contribution is 2.36. The van der Waals surface area contributed by atoms with Crippen LogP contribution in [0.15, 0.2) is 18.3 Å². The van der Waals surface area contributed by atoms with Gasteiger partial charge in [-0.25, -0.2) is 14.6 Å². The number of anilines is 1. The lowest BCUT2D eigenvalue weighted by molar-refractivity contribution is -0.133. The van der Waals surface area contributed by atoms with E-state index < -0.39 is 5.66 Å². The maximum Gasteiger partial charge on any atom is 0.256 e. The highest BCUT2D eigenvalue weighted by molar-refractivity contribution is 6.01. The summed E-state index contributed by atoms with van der Waals surface area (Å²) < 4.78 is 1.82. The first-order valence-corrected chi connectivity index (χ1v) is 10.6. The van der Waals surface area contributed by atoms with Crippen LogP contribution in [0.1, 0.15) is 61.2 Å². The van der Waals surface area contributed by atoms with Crippen LogP contribution < -0.4 is 10.2 Å². The molecule has 4 rings (SSSR count). The Morgan fingerprint density at radius 1 is 1.30 bits per heavy atom. The van der Waals surface area contributed by atoms with Crippen LogP contribution in [0.5, 0.6) is 0 Å². The van der Waals surface area contributed by atoms with Gasteiger partial charge in [0.2, 0.25) is 5.91 Å². The van der Waals surface area contributed by atoms with Crippen LogP contribution in [0.4, 0.5) is 5.82 Å². The van der Waals surface area contributed by atoms with Crippen LogP contribution in [0.25, 0.3) is 0 Å². The van der Waals surface area contributed by atoms with Gasteiger partial charge in [0, 0.05) is 45.1 Å². The Labute approximate surface area is 176 Å². The second-order valence-corrected chi connectivity index (χ2v) is 8.19.